The van der Waals surface area contributed by atoms with Crippen LogP contribution in [0.1, 0.15) is 18.4 Å². The van der Waals surface area contributed by atoms with Gasteiger partial charge in [0.05, 0.1) is 7.11 Å². The lowest BCUT2D eigenvalue weighted by Crippen LogP contribution is -2.40. The van der Waals surface area contributed by atoms with Crippen molar-refractivity contribution in [2.24, 2.45) is 5.92 Å². The standard InChI is InChI=1S/C14H18ClNO2/c1-16(9-11-5-3-4-6-12(11)15)13(10-7-8-10)14(17)18-2/h3-6,10,13H,7-9H2,1-2H3. The van der Waals surface area contributed by atoms with Gasteiger partial charge in [-0.15, -0.1) is 0 Å². The van der Waals surface area contributed by atoms with Crippen LogP contribution in [0.3, 0.4) is 0 Å². The maximum absolute atomic E-state index is 11.8. The Balaban J connectivity index is 2.07. The third-order valence-electron chi connectivity index (χ3n) is 3.36. The van der Waals surface area contributed by atoms with Crippen LogP contribution in [-0.4, -0.2) is 31.1 Å². The van der Waals surface area contributed by atoms with Crippen molar-refractivity contribution in [3.05, 3.63) is 34.9 Å². The maximum Gasteiger partial charge on any atom is 0.323 e. The number of hydrogen-bond donors (Lipinski definition) is 0. The molecule has 2 rings (SSSR count). The van der Waals surface area contributed by atoms with Gasteiger partial charge in [0.2, 0.25) is 0 Å². The highest BCUT2D eigenvalue weighted by molar-refractivity contribution is 6.31. The second-order valence-corrected chi connectivity index (χ2v) is 5.22. The van der Waals surface area contributed by atoms with Crippen LogP contribution >= 0.6 is 11.6 Å². The molecule has 0 bridgehead atoms. The number of carbonyl (C=O) groups excluding carboxylic acids is 1. The number of nitrogens with zero attached hydrogens (tertiary/aromatic N) is 1. The van der Waals surface area contributed by atoms with E-state index in [1.54, 1.807) is 0 Å². The number of benzene rings is 1. The SMILES string of the molecule is COC(=O)C(C1CC1)N(C)Cc1ccccc1Cl. The Hall–Kier alpha value is -1.06. The molecule has 4 heteroatoms. The van der Waals surface area contributed by atoms with E-state index in [0.717, 1.165) is 23.4 Å². The Morgan fingerprint density at radius 1 is 1.50 bits per heavy atom. The van der Waals surface area contributed by atoms with Crippen LogP contribution in [0.5, 0.6) is 0 Å². The third kappa shape index (κ3) is 3.03. The molecule has 0 aromatic heterocycles. The summed E-state index contributed by atoms with van der Waals surface area (Å²) in [5.41, 5.74) is 1.04. The molecule has 1 saturated carbocycles. The van der Waals surface area contributed by atoms with Crippen molar-refractivity contribution in [2.45, 2.75) is 25.4 Å². The Morgan fingerprint density at radius 2 is 2.17 bits per heavy atom. The van der Waals surface area contributed by atoms with Crippen LogP contribution in [0, 0.1) is 5.92 Å². The third-order valence-corrected chi connectivity index (χ3v) is 3.73. The highest BCUT2D eigenvalue weighted by Crippen LogP contribution is 2.36. The van der Waals surface area contributed by atoms with Gasteiger partial charge in [0, 0.05) is 11.6 Å². The summed E-state index contributed by atoms with van der Waals surface area (Å²) in [7, 11) is 3.39. The first kappa shape index (κ1) is 13.4. The first-order chi connectivity index (χ1) is 8.63. The molecule has 0 aliphatic heterocycles. The molecule has 1 aliphatic rings. The number of likely N-dealkylation sites (N-methyl/N-ethyl adjacent to an activating group) is 1. The van der Waals surface area contributed by atoms with Gasteiger partial charge in [-0.3, -0.25) is 9.69 Å². The monoisotopic (exact) mass is 267 g/mol. The highest BCUT2D eigenvalue weighted by Gasteiger charge is 2.39. The molecule has 1 aliphatic carbocycles. The van der Waals surface area contributed by atoms with Crippen LogP contribution in [-0.2, 0) is 16.1 Å². The molecule has 1 aromatic carbocycles. The van der Waals surface area contributed by atoms with E-state index >= 15 is 0 Å². The second kappa shape index (κ2) is 5.72. The number of ether oxygens (including phenoxy) is 1. The van der Waals surface area contributed by atoms with Gasteiger partial charge in [-0.1, -0.05) is 29.8 Å². The summed E-state index contributed by atoms with van der Waals surface area (Å²) >= 11 is 6.14. The van der Waals surface area contributed by atoms with E-state index in [4.69, 9.17) is 16.3 Å². The van der Waals surface area contributed by atoms with Crippen molar-refractivity contribution in [3.63, 3.8) is 0 Å². The predicted octanol–water partition coefficient (Wildman–Crippen LogP) is 2.72. The lowest BCUT2D eigenvalue weighted by molar-refractivity contribution is -0.147. The van der Waals surface area contributed by atoms with Gasteiger partial charge in [-0.05, 0) is 37.4 Å². The molecule has 0 amide bonds. The zero-order chi connectivity index (χ0) is 13.1. The van der Waals surface area contributed by atoms with Crippen LogP contribution < -0.4 is 0 Å². The van der Waals surface area contributed by atoms with Crippen LogP contribution in [0.4, 0.5) is 0 Å². The average Bonchev–Trinajstić information content (AvgIpc) is 3.16. The summed E-state index contributed by atoms with van der Waals surface area (Å²) in [6.45, 7) is 0.663. The quantitative estimate of drug-likeness (QED) is 0.769. The lowest BCUT2D eigenvalue weighted by Gasteiger charge is -2.26. The Labute approximate surface area is 113 Å². The van der Waals surface area contributed by atoms with Crippen molar-refractivity contribution in [1.82, 2.24) is 4.90 Å². The predicted molar refractivity (Wildman–Crippen MR) is 71.4 cm³/mol. The Kier molecular flexibility index (Phi) is 4.25. The van der Waals surface area contributed by atoms with Gasteiger partial charge in [0.15, 0.2) is 0 Å². The maximum atomic E-state index is 11.8. The largest absolute Gasteiger partial charge is 0.468 e. The number of hydrogen-bond acceptors (Lipinski definition) is 3. The number of methoxy groups -OCH3 is 1. The highest BCUT2D eigenvalue weighted by atomic mass is 35.5. The van der Waals surface area contributed by atoms with E-state index in [2.05, 4.69) is 0 Å². The van der Waals surface area contributed by atoms with Crippen molar-refractivity contribution in [1.29, 1.82) is 0 Å². The van der Waals surface area contributed by atoms with Gasteiger partial charge in [-0.25, -0.2) is 0 Å². The van der Waals surface area contributed by atoms with Crippen LogP contribution in [0.15, 0.2) is 24.3 Å². The number of rotatable bonds is 5. The molecular weight excluding hydrogens is 250 g/mol. The van der Waals surface area contributed by atoms with Crippen LogP contribution in [0.2, 0.25) is 5.02 Å². The smallest absolute Gasteiger partial charge is 0.323 e. The molecule has 1 unspecified atom stereocenters. The van der Waals surface area contributed by atoms with Crippen LogP contribution in [0.25, 0.3) is 0 Å². The molecule has 1 atom stereocenters. The molecule has 1 aromatic rings. The first-order valence-electron chi connectivity index (χ1n) is 6.15. The molecule has 1 fully saturated rings. The molecule has 0 radical (unpaired) electrons. The van der Waals surface area contributed by atoms with Gasteiger partial charge < -0.3 is 4.74 Å². The lowest BCUT2D eigenvalue weighted by atomic mass is 10.1. The molecule has 98 valence electrons. The zero-order valence-electron chi connectivity index (χ0n) is 10.7. The average molecular weight is 268 g/mol. The topological polar surface area (TPSA) is 29.5 Å². The summed E-state index contributed by atoms with van der Waals surface area (Å²) in [6, 6.07) is 7.57. The molecule has 0 spiro atoms. The van der Waals surface area contributed by atoms with Gasteiger partial charge >= 0.3 is 5.97 Å². The molecule has 0 saturated heterocycles. The van der Waals surface area contributed by atoms with E-state index in [1.807, 2.05) is 36.2 Å². The number of halogens is 1. The number of esters is 1. The minimum Gasteiger partial charge on any atom is -0.468 e. The van der Waals surface area contributed by atoms with Gasteiger partial charge in [0.1, 0.15) is 6.04 Å². The fourth-order valence-electron chi connectivity index (χ4n) is 2.26. The molecule has 18 heavy (non-hydrogen) atoms. The fraction of sp³-hybridized carbons (Fsp3) is 0.500. The molecule has 3 nitrogen and oxygen atoms in total. The fourth-order valence-corrected chi connectivity index (χ4v) is 2.45. The van der Waals surface area contributed by atoms with Gasteiger partial charge in [-0.2, -0.15) is 0 Å². The minimum atomic E-state index is -0.147. The summed E-state index contributed by atoms with van der Waals surface area (Å²) in [5, 5.41) is 0.740. The normalized spacial score (nSPS) is 16.7. The summed E-state index contributed by atoms with van der Waals surface area (Å²) in [4.78, 5) is 13.8. The van der Waals surface area contributed by atoms with Crippen molar-refractivity contribution < 1.29 is 9.53 Å². The first-order valence-corrected chi connectivity index (χ1v) is 6.52. The Bertz CT molecular complexity index is 432. The van der Waals surface area contributed by atoms with Crippen molar-refractivity contribution >= 4 is 17.6 Å². The molecule has 0 heterocycles. The summed E-state index contributed by atoms with van der Waals surface area (Å²) < 4.78 is 4.89. The summed E-state index contributed by atoms with van der Waals surface area (Å²) in [6.07, 6.45) is 2.21. The zero-order valence-corrected chi connectivity index (χ0v) is 11.5. The number of carbonyl (C=O) groups is 1. The van der Waals surface area contributed by atoms with Gasteiger partial charge in [0.25, 0.3) is 0 Å². The van der Waals surface area contributed by atoms with E-state index in [9.17, 15) is 4.79 Å². The van der Waals surface area contributed by atoms with E-state index in [-0.39, 0.29) is 12.0 Å². The molecular formula is C14H18ClNO2. The van der Waals surface area contributed by atoms with E-state index < -0.39 is 0 Å². The minimum absolute atomic E-state index is 0.146. The van der Waals surface area contributed by atoms with E-state index in [1.165, 1.54) is 7.11 Å². The van der Waals surface area contributed by atoms with Crippen molar-refractivity contribution in [2.75, 3.05) is 14.2 Å². The van der Waals surface area contributed by atoms with E-state index in [0.29, 0.717) is 12.5 Å². The van der Waals surface area contributed by atoms with Crippen molar-refractivity contribution in [3.8, 4) is 0 Å². The second-order valence-electron chi connectivity index (χ2n) is 4.81. The molecule has 0 N–H and O–H groups in total. The Morgan fingerprint density at radius 3 is 2.72 bits per heavy atom. The summed E-state index contributed by atoms with van der Waals surface area (Å²) in [5.74, 6) is 0.289.